The number of sulfone groups is 1. The van der Waals surface area contributed by atoms with E-state index in [-0.39, 0.29) is 21.7 Å². The third-order valence-corrected chi connectivity index (χ3v) is 6.57. The van der Waals surface area contributed by atoms with Crippen molar-refractivity contribution in [3.8, 4) is 16.8 Å². The average Bonchev–Trinajstić information content (AvgIpc) is 2.82. The number of nitrogen functional groups attached to an aromatic ring is 1. The molecular weight excluding hydrogens is 483 g/mol. The molecule has 0 aliphatic carbocycles. The zero-order valence-electron chi connectivity index (χ0n) is 18.1. The molecule has 11 heteroatoms. The number of alkyl halides is 3. The Morgan fingerprint density at radius 3 is 2.23 bits per heavy atom. The van der Waals surface area contributed by atoms with Crippen molar-refractivity contribution in [2.45, 2.75) is 11.1 Å². The van der Waals surface area contributed by atoms with Crippen LogP contribution >= 0.6 is 0 Å². The van der Waals surface area contributed by atoms with Gasteiger partial charge in [0.15, 0.2) is 9.84 Å². The number of para-hydroxylation sites is 1. The summed E-state index contributed by atoms with van der Waals surface area (Å²) in [6, 6.07) is 16.1. The zero-order chi connectivity index (χ0) is 25.5. The first-order chi connectivity index (χ1) is 16.4. The lowest BCUT2D eigenvalue weighted by Crippen LogP contribution is -2.37. The minimum Gasteiger partial charge on any atom is -0.290 e. The van der Waals surface area contributed by atoms with Crippen LogP contribution in [0.5, 0.6) is 0 Å². The molecule has 0 spiro atoms. The Morgan fingerprint density at radius 2 is 1.63 bits per heavy atom. The fourth-order valence-electron chi connectivity index (χ4n) is 3.87. The second-order valence-corrected chi connectivity index (χ2v) is 9.74. The van der Waals surface area contributed by atoms with Crippen LogP contribution in [0.25, 0.3) is 27.7 Å². The number of benzene rings is 3. The van der Waals surface area contributed by atoms with Gasteiger partial charge in [-0.25, -0.2) is 14.3 Å². The topological polar surface area (TPSA) is 111 Å². The number of aromatic nitrogens is 1. The van der Waals surface area contributed by atoms with Crippen LogP contribution in [0.4, 0.5) is 13.2 Å². The SMILES string of the molecule is CS(=O)(=O)c1ccc(-c2c(C(=O)NN)c(=O)n(-c3cccc(C(F)(F)F)c3)c3ccccc23)cc1. The van der Waals surface area contributed by atoms with Crippen LogP contribution in [0, 0.1) is 0 Å². The molecule has 7 nitrogen and oxygen atoms in total. The van der Waals surface area contributed by atoms with Crippen molar-refractivity contribution < 1.29 is 26.4 Å². The molecule has 0 fully saturated rings. The molecular formula is C24H18F3N3O4S. The van der Waals surface area contributed by atoms with Crippen LogP contribution in [0.2, 0.25) is 0 Å². The Kier molecular flexibility index (Phi) is 5.99. The molecule has 4 rings (SSSR count). The first-order valence-electron chi connectivity index (χ1n) is 10.1. The lowest BCUT2D eigenvalue weighted by molar-refractivity contribution is -0.137. The van der Waals surface area contributed by atoms with E-state index in [1.165, 1.54) is 42.5 Å². The second-order valence-electron chi connectivity index (χ2n) is 7.73. The molecule has 4 aromatic rings. The van der Waals surface area contributed by atoms with E-state index in [4.69, 9.17) is 5.84 Å². The lowest BCUT2D eigenvalue weighted by atomic mass is 9.95. The standard InChI is InChI=1S/C24H18F3N3O4S/c1-35(33,34)17-11-9-14(10-12-17)20-18-7-2-3-8-19(18)30(23(32)21(20)22(31)29-28)16-6-4-5-15(13-16)24(25,26)27/h2-13H,28H2,1H3,(H,29,31). The van der Waals surface area contributed by atoms with Crippen molar-refractivity contribution in [3.63, 3.8) is 0 Å². The van der Waals surface area contributed by atoms with Gasteiger partial charge in [-0.2, -0.15) is 13.2 Å². The molecule has 0 radical (unpaired) electrons. The van der Waals surface area contributed by atoms with Gasteiger partial charge < -0.3 is 0 Å². The van der Waals surface area contributed by atoms with E-state index in [0.717, 1.165) is 23.0 Å². The van der Waals surface area contributed by atoms with E-state index in [1.54, 1.807) is 18.2 Å². The number of hydrogen-bond acceptors (Lipinski definition) is 5. The van der Waals surface area contributed by atoms with Crippen molar-refractivity contribution in [2.75, 3.05) is 6.26 Å². The molecule has 0 aliphatic heterocycles. The molecule has 0 bridgehead atoms. The number of carbonyl (C=O) groups is 1. The molecule has 1 heterocycles. The van der Waals surface area contributed by atoms with E-state index >= 15 is 0 Å². The molecule has 0 saturated heterocycles. The largest absolute Gasteiger partial charge is 0.416 e. The van der Waals surface area contributed by atoms with Crippen LogP contribution in [0.1, 0.15) is 15.9 Å². The van der Waals surface area contributed by atoms with Gasteiger partial charge >= 0.3 is 6.18 Å². The van der Waals surface area contributed by atoms with Gasteiger partial charge in [0.05, 0.1) is 16.0 Å². The number of amides is 1. The number of halogens is 3. The molecule has 0 unspecified atom stereocenters. The van der Waals surface area contributed by atoms with Crippen molar-refractivity contribution in [1.29, 1.82) is 0 Å². The summed E-state index contributed by atoms with van der Waals surface area (Å²) in [4.78, 5) is 26.5. The van der Waals surface area contributed by atoms with Crippen molar-refractivity contribution >= 4 is 26.6 Å². The molecule has 35 heavy (non-hydrogen) atoms. The van der Waals surface area contributed by atoms with Gasteiger partial charge in [0.2, 0.25) is 0 Å². The highest BCUT2D eigenvalue weighted by molar-refractivity contribution is 7.90. The van der Waals surface area contributed by atoms with E-state index in [9.17, 15) is 31.2 Å². The summed E-state index contributed by atoms with van der Waals surface area (Å²) in [5.74, 6) is 4.38. The molecule has 0 atom stereocenters. The number of nitrogens with zero attached hydrogens (tertiary/aromatic N) is 1. The number of pyridine rings is 1. The molecule has 0 saturated carbocycles. The van der Waals surface area contributed by atoms with E-state index < -0.39 is 38.6 Å². The first kappa shape index (κ1) is 24.2. The number of nitrogens with one attached hydrogen (secondary N) is 1. The van der Waals surface area contributed by atoms with Crippen LogP contribution < -0.4 is 16.8 Å². The second kappa shape index (κ2) is 8.67. The predicted octanol–water partition coefficient (Wildman–Crippen LogP) is 3.68. The smallest absolute Gasteiger partial charge is 0.290 e. The Hall–Kier alpha value is -3.96. The summed E-state index contributed by atoms with van der Waals surface area (Å²) in [6.45, 7) is 0. The summed E-state index contributed by atoms with van der Waals surface area (Å²) < 4.78 is 64.8. The number of nitrogens with two attached hydrogens (primary N) is 1. The minimum atomic E-state index is -4.64. The summed E-state index contributed by atoms with van der Waals surface area (Å²) in [6.07, 6.45) is -3.60. The summed E-state index contributed by atoms with van der Waals surface area (Å²) in [5.41, 5.74) is 0.318. The van der Waals surface area contributed by atoms with Crippen molar-refractivity contribution in [2.24, 2.45) is 5.84 Å². The van der Waals surface area contributed by atoms with Gasteiger partial charge in [-0.3, -0.25) is 19.6 Å². The van der Waals surface area contributed by atoms with Crippen LogP contribution in [0.15, 0.2) is 82.5 Å². The number of hydrazine groups is 1. The molecule has 180 valence electrons. The number of rotatable bonds is 4. The van der Waals surface area contributed by atoms with Crippen molar-refractivity contribution in [3.05, 3.63) is 94.3 Å². The highest BCUT2D eigenvalue weighted by Crippen LogP contribution is 2.34. The van der Waals surface area contributed by atoms with E-state index in [2.05, 4.69) is 0 Å². The lowest BCUT2D eigenvalue weighted by Gasteiger charge is -2.18. The first-order valence-corrected chi connectivity index (χ1v) is 12.0. The average molecular weight is 501 g/mol. The summed E-state index contributed by atoms with van der Waals surface area (Å²) in [5, 5.41) is 0.371. The van der Waals surface area contributed by atoms with Gasteiger partial charge in [-0.15, -0.1) is 0 Å². The fraction of sp³-hybridized carbons (Fsp3) is 0.0833. The predicted molar refractivity (Wildman–Crippen MR) is 125 cm³/mol. The molecule has 3 N–H and O–H groups in total. The van der Waals surface area contributed by atoms with Gasteiger partial charge in [-0.1, -0.05) is 36.4 Å². The third-order valence-electron chi connectivity index (χ3n) is 5.44. The highest BCUT2D eigenvalue weighted by atomic mass is 32.2. The molecule has 1 amide bonds. The fourth-order valence-corrected chi connectivity index (χ4v) is 4.50. The maximum Gasteiger partial charge on any atom is 0.416 e. The minimum absolute atomic E-state index is 0.0349. The number of fused-ring (bicyclic) bond motifs is 1. The van der Waals surface area contributed by atoms with Gasteiger partial charge in [0, 0.05) is 22.9 Å². The summed E-state index contributed by atoms with van der Waals surface area (Å²) >= 11 is 0. The quantitative estimate of drug-likeness (QED) is 0.252. The van der Waals surface area contributed by atoms with Crippen molar-refractivity contribution in [1.82, 2.24) is 9.99 Å². The third kappa shape index (κ3) is 4.43. The number of carbonyl (C=O) groups excluding carboxylic acids is 1. The maximum atomic E-state index is 13.6. The Bertz CT molecular complexity index is 1630. The molecule has 1 aromatic heterocycles. The monoisotopic (exact) mass is 501 g/mol. The Labute approximate surface area is 197 Å². The zero-order valence-corrected chi connectivity index (χ0v) is 18.9. The Balaban J connectivity index is 2.12. The molecule has 3 aromatic carbocycles. The van der Waals surface area contributed by atoms with Gasteiger partial charge in [-0.05, 0) is 42.0 Å². The van der Waals surface area contributed by atoms with Crippen LogP contribution in [-0.4, -0.2) is 25.1 Å². The van der Waals surface area contributed by atoms with Gasteiger partial charge in [0.1, 0.15) is 5.56 Å². The number of hydrogen-bond donors (Lipinski definition) is 2. The van der Waals surface area contributed by atoms with Gasteiger partial charge in [0.25, 0.3) is 11.5 Å². The normalized spacial score (nSPS) is 12.0. The summed E-state index contributed by atoms with van der Waals surface area (Å²) in [7, 11) is -3.50. The maximum absolute atomic E-state index is 13.6. The van der Waals surface area contributed by atoms with E-state index in [0.29, 0.717) is 10.9 Å². The highest BCUT2D eigenvalue weighted by Gasteiger charge is 2.31. The van der Waals surface area contributed by atoms with E-state index in [1.807, 2.05) is 5.43 Å². The molecule has 0 aliphatic rings. The van der Waals surface area contributed by atoms with Crippen LogP contribution in [0.3, 0.4) is 0 Å². The Morgan fingerprint density at radius 1 is 0.971 bits per heavy atom. The van der Waals surface area contributed by atoms with Crippen LogP contribution in [-0.2, 0) is 16.0 Å².